The zero-order valence-corrected chi connectivity index (χ0v) is 14.5. The molecule has 5 nitrogen and oxygen atoms in total. The molecule has 0 saturated carbocycles. The van der Waals surface area contributed by atoms with Crippen LogP contribution in [0.1, 0.15) is 55.7 Å². The van der Waals surface area contributed by atoms with Crippen LogP contribution in [0.2, 0.25) is 0 Å². The van der Waals surface area contributed by atoms with E-state index in [0.29, 0.717) is 17.4 Å². The molecule has 0 fully saturated rings. The molecule has 1 unspecified atom stereocenters. The van der Waals surface area contributed by atoms with Crippen LogP contribution in [0.15, 0.2) is 6.20 Å². The van der Waals surface area contributed by atoms with Gasteiger partial charge in [-0.05, 0) is 32.9 Å². The number of aliphatic hydroxyl groups is 1. The summed E-state index contributed by atoms with van der Waals surface area (Å²) in [5.74, 6) is 0.408. The molecule has 6 heteroatoms. The number of thioether (sulfide) groups is 1. The first-order valence-electron chi connectivity index (χ1n) is 7.39. The molecule has 1 aromatic heterocycles. The number of nitrogens with zero attached hydrogens (tertiary/aromatic N) is 2. The Kier molecular flexibility index (Phi) is 6.74. The zero-order chi connectivity index (χ0) is 16.0. The third kappa shape index (κ3) is 4.74. The summed E-state index contributed by atoms with van der Waals surface area (Å²) in [4.78, 5) is 12.2. The van der Waals surface area contributed by atoms with E-state index in [1.807, 2.05) is 17.9 Å². The van der Waals surface area contributed by atoms with Crippen molar-refractivity contribution in [3.8, 4) is 0 Å². The van der Waals surface area contributed by atoms with E-state index in [1.54, 1.807) is 24.9 Å². The molecule has 0 spiro atoms. The quantitative estimate of drug-likeness (QED) is 0.773. The summed E-state index contributed by atoms with van der Waals surface area (Å²) in [6.45, 7) is 8.12. The molecule has 0 aliphatic rings. The van der Waals surface area contributed by atoms with E-state index in [0.717, 1.165) is 18.5 Å². The fourth-order valence-electron chi connectivity index (χ4n) is 2.38. The maximum Gasteiger partial charge on any atom is 0.254 e. The lowest BCUT2D eigenvalue weighted by Crippen LogP contribution is -2.42. The molecule has 1 atom stereocenters. The molecule has 120 valence electrons. The van der Waals surface area contributed by atoms with Crippen LogP contribution in [0, 0.1) is 6.92 Å². The van der Waals surface area contributed by atoms with Crippen LogP contribution < -0.4 is 5.32 Å². The largest absolute Gasteiger partial charge is 0.387 e. The van der Waals surface area contributed by atoms with Crippen molar-refractivity contribution in [2.45, 2.75) is 52.2 Å². The smallest absolute Gasteiger partial charge is 0.254 e. The van der Waals surface area contributed by atoms with Gasteiger partial charge in [-0.3, -0.25) is 9.48 Å². The number of nitrogens with one attached hydrogen (secondary N) is 1. The summed E-state index contributed by atoms with van der Waals surface area (Å²) < 4.78 is 1.93. The summed E-state index contributed by atoms with van der Waals surface area (Å²) in [6.07, 6.45) is 5.53. The second-order valence-electron chi connectivity index (χ2n) is 5.67. The Bertz CT molecular complexity index is 467. The van der Waals surface area contributed by atoms with Crippen LogP contribution in [-0.4, -0.2) is 44.9 Å². The van der Waals surface area contributed by atoms with Crippen molar-refractivity contribution in [1.82, 2.24) is 15.1 Å². The van der Waals surface area contributed by atoms with Crippen molar-refractivity contribution >= 4 is 17.7 Å². The molecule has 0 aromatic carbocycles. The van der Waals surface area contributed by atoms with Crippen molar-refractivity contribution in [2.24, 2.45) is 0 Å². The van der Waals surface area contributed by atoms with Crippen molar-refractivity contribution in [3.05, 3.63) is 17.5 Å². The minimum atomic E-state index is -0.894. The van der Waals surface area contributed by atoms with Gasteiger partial charge >= 0.3 is 0 Å². The van der Waals surface area contributed by atoms with Crippen molar-refractivity contribution < 1.29 is 9.90 Å². The van der Waals surface area contributed by atoms with Gasteiger partial charge in [0.2, 0.25) is 0 Å². The third-order valence-corrected chi connectivity index (χ3v) is 4.57. The molecule has 0 saturated heterocycles. The fraction of sp³-hybridized carbons (Fsp3) is 0.733. The average molecular weight is 313 g/mol. The van der Waals surface area contributed by atoms with Gasteiger partial charge in [0.25, 0.3) is 5.91 Å². The van der Waals surface area contributed by atoms with E-state index in [-0.39, 0.29) is 12.5 Å². The van der Waals surface area contributed by atoms with Gasteiger partial charge < -0.3 is 10.4 Å². The minimum Gasteiger partial charge on any atom is -0.387 e. The van der Waals surface area contributed by atoms with E-state index in [1.165, 1.54) is 0 Å². The topological polar surface area (TPSA) is 67.2 Å². The Balaban J connectivity index is 2.76. The Morgan fingerprint density at radius 2 is 2.14 bits per heavy atom. The predicted molar refractivity (Wildman–Crippen MR) is 87.9 cm³/mol. The Labute approximate surface area is 131 Å². The minimum absolute atomic E-state index is 0.175. The highest BCUT2D eigenvalue weighted by atomic mass is 32.2. The van der Waals surface area contributed by atoms with E-state index in [2.05, 4.69) is 24.3 Å². The number of carbonyl (C=O) groups excluding carboxylic acids is 1. The van der Waals surface area contributed by atoms with Gasteiger partial charge in [0.1, 0.15) is 0 Å². The van der Waals surface area contributed by atoms with E-state index in [9.17, 15) is 9.90 Å². The lowest BCUT2D eigenvalue weighted by Gasteiger charge is -2.22. The van der Waals surface area contributed by atoms with Crippen molar-refractivity contribution in [2.75, 3.05) is 18.6 Å². The summed E-state index contributed by atoms with van der Waals surface area (Å²) in [5, 5.41) is 17.2. The molecule has 21 heavy (non-hydrogen) atoms. The van der Waals surface area contributed by atoms with Crippen molar-refractivity contribution in [3.63, 3.8) is 0 Å². The van der Waals surface area contributed by atoms with Crippen molar-refractivity contribution in [1.29, 1.82) is 0 Å². The molecule has 1 rings (SSSR count). The maximum absolute atomic E-state index is 12.2. The molecule has 0 radical (unpaired) electrons. The molecule has 0 aliphatic heterocycles. The van der Waals surface area contributed by atoms with Crippen LogP contribution in [-0.2, 0) is 0 Å². The second kappa shape index (κ2) is 7.84. The third-order valence-electron chi connectivity index (χ3n) is 3.66. The highest BCUT2D eigenvalue weighted by Crippen LogP contribution is 2.19. The first-order chi connectivity index (χ1) is 9.86. The van der Waals surface area contributed by atoms with Gasteiger partial charge in [-0.2, -0.15) is 16.9 Å². The SMILES string of the molecule is CCC(CC)n1ncc(C(=O)NCC(C)(O)CSC)c1C. The first-order valence-corrected chi connectivity index (χ1v) is 8.79. The molecule has 1 aromatic rings. The Morgan fingerprint density at radius 1 is 1.52 bits per heavy atom. The predicted octanol–water partition coefficient (Wildman–Crippen LogP) is 2.40. The molecule has 0 aliphatic carbocycles. The summed E-state index contributed by atoms with van der Waals surface area (Å²) in [6, 6.07) is 0.325. The Morgan fingerprint density at radius 3 is 2.67 bits per heavy atom. The maximum atomic E-state index is 12.2. The number of hydrogen-bond donors (Lipinski definition) is 2. The number of rotatable bonds is 8. The standard InChI is InChI=1S/C15H27N3O2S/c1-6-12(7-2)18-11(3)13(8-17-18)14(19)16-9-15(4,20)10-21-5/h8,12,20H,6-7,9-10H2,1-5H3,(H,16,19). The lowest BCUT2D eigenvalue weighted by molar-refractivity contribution is 0.0724. The summed E-state index contributed by atoms with van der Waals surface area (Å²) in [7, 11) is 0. The average Bonchev–Trinajstić information content (AvgIpc) is 2.80. The van der Waals surface area contributed by atoms with Crippen LogP contribution in [0.25, 0.3) is 0 Å². The molecule has 1 amide bonds. The van der Waals surface area contributed by atoms with Crippen LogP contribution in [0.5, 0.6) is 0 Å². The second-order valence-corrected chi connectivity index (χ2v) is 6.54. The molecular formula is C15H27N3O2S. The van der Waals surface area contributed by atoms with Crippen LogP contribution >= 0.6 is 11.8 Å². The Hall–Kier alpha value is -1.01. The highest BCUT2D eigenvalue weighted by molar-refractivity contribution is 7.98. The van der Waals surface area contributed by atoms with Gasteiger partial charge in [0, 0.05) is 18.0 Å². The van der Waals surface area contributed by atoms with Gasteiger partial charge in [0.05, 0.1) is 23.4 Å². The van der Waals surface area contributed by atoms with E-state index >= 15 is 0 Å². The number of amides is 1. The zero-order valence-electron chi connectivity index (χ0n) is 13.6. The fourth-order valence-corrected chi connectivity index (χ4v) is 3.10. The molecule has 2 N–H and O–H groups in total. The number of carbonyl (C=O) groups is 1. The van der Waals surface area contributed by atoms with Gasteiger partial charge in [-0.25, -0.2) is 0 Å². The van der Waals surface area contributed by atoms with Crippen LogP contribution in [0.4, 0.5) is 0 Å². The summed E-state index contributed by atoms with van der Waals surface area (Å²) >= 11 is 1.56. The van der Waals surface area contributed by atoms with Gasteiger partial charge in [-0.1, -0.05) is 13.8 Å². The number of aromatic nitrogens is 2. The van der Waals surface area contributed by atoms with Crippen LogP contribution in [0.3, 0.4) is 0 Å². The van der Waals surface area contributed by atoms with Gasteiger partial charge in [0.15, 0.2) is 0 Å². The molecule has 0 bridgehead atoms. The highest BCUT2D eigenvalue weighted by Gasteiger charge is 2.23. The van der Waals surface area contributed by atoms with Gasteiger partial charge in [-0.15, -0.1) is 0 Å². The van der Waals surface area contributed by atoms with E-state index < -0.39 is 5.60 Å². The molecule has 1 heterocycles. The lowest BCUT2D eigenvalue weighted by atomic mass is 10.1. The monoisotopic (exact) mass is 313 g/mol. The number of hydrogen-bond acceptors (Lipinski definition) is 4. The molecular weight excluding hydrogens is 286 g/mol. The van der Waals surface area contributed by atoms with E-state index in [4.69, 9.17) is 0 Å². The first kappa shape index (κ1) is 18.0. The summed E-state index contributed by atoms with van der Waals surface area (Å²) in [5.41, 5.74) is 0.571. The normalized spacial score (nSPS) is 14.2.